The van der Waals surface area contributed by atoms with Crippen LogP contribution in [0.1, 0.15) is 0 Å². The number of rotatable bonds is 7. The summed E-state index contributed by atoms with van der Waals surface area (Å²) in [5.41, 5.74) is 6.78. The second-order valence-corrected chi connectivity index (χ2v) is 8.20. The smallest absolute Gasteiger partial charge is 0.0452 e. The van der Waals surface area contributed by atoms with Crippen molar-refractivity contribution in [2.24, 2.45) is 0 Å². The Bertz CT molecular complexity index is 354. The molecule has 0 bridgehead atoms. The van der Waals surface area contributed by atoms with Gasteiger partial charge in [0.2, 0.25) is 0 Å². The van der Waals surface area contributed by atoms with Crippen LogP contribution in [0.25, 0.3) is 0 Å². The summed E-state index contributed by atoms with van der Waals surface area (Å²) in [6.07, 6.45) is 0. The molecule has 94 valence electrons. The summed E-state index contributed by atoms with van der Waals surface area (Å²) in [6.45, 7) is 0. The Morgan fingerprint density at radius 2 is 2.18 bits per heavy atom. The van der Waals surface area contributed by atoms with E-state index in [1.54, 1.807) is 0 Å². The van der Waals surface area contributed by atoms with E-state index in [9.17, 15) is 0 Å². The molecule has 1 nitrogen and oxygen atoms in total. The quantitative estimate of drug-likeness (QED) is 0.349. The summed E-state index contributed by atoms with van der Waals surface area (Å²) in [7, 11) is 0. The van der Waals surface area contributed by atoms with Gasteiger partial charge in [-0.2, -0.15) is 36.2 Å². The molecule has 2 atom stereocenters. The van der Waals surface area contributed by atoms with Crippen molar-refractivity contribution in [2.45, 2.75) is 15.4 Å². The number of thiol groups is 1. The van der Waals surface area contributed by atoms with Crippen LogP contribution in [0.3, 0.4) is 0 Å². The maximum absolute atomic E-state index is 5.90. The van der Waals surface area contributed by atoms with Gasteiger partial charge in [0.25, 0.3) is 0 Å². The maximum Gasteiger partial charge on any atom is 0.0452 e. The molecular weight excluding hydrogens is 286 g/mol. The number of nitrogen functional groups attached to an aromatic ring is 1. The van der Waals surface area contributed by atoms with Gasteiger partial charge in [-0.25, -0.2) is 0 Å². The van der Waals surface area contributed by atoms with E-state index in [2.05, 4.69) is 30.5 Å². The molecule has 2 N–H and O–H groups in total. The highest BCUT2D eigenvalue weighted by molar-refractivity contribution is 8.09. The molecule has 0 aliphatic carbocycles. The lowest BCUT2D eigenvalue weighted by Crippen LogP contribution is -2.07. The SMILES string of the molecule is Nc1ccccc1SCC(S)CSCC1CS1. The Balaban J connectivity index is 1.64. The zero-order valence-electron chi connectivity index (χ0n) is 9.54. The molecule has 2 unspecified atom stereocenters. The fourth-order valence-corrected chi connectivity index (χ4v) is 4.92. The molecule has 1 aromatic rings. The summed E-state index contributed by atoms with van der Waals surface area (Å²) in [6, 6.07) is 8.04. The Morgan fingerprint density at radius 1 is 1.41 bits per heavy atom. The van der Waals surface area contributed by atoms with Gasteiger partial charge >= 0.3 is 0 Å². The van der Waals surface area contributed by atoms with Crippen molar-refractivity contribution in [3.63, 3.8) is 0 Å². The van der Waals surface area contributed by atoms with Gasteiger partial charge < -0.3 is 5.73 Å². The Morgan fingerprint density at radius 3 is 2.88 bits per heavy atom. The number of hydrogen-bond donors (Lipinski definition) is 2. The van der Waals surface area contributed by atoms with Crippen LogP contribution < -0.4 is 5.73 Å². The van der Waals surface area contributed by atoms with E-state index in [1.165, 1.54) is 16.4 Å². The first-order valence-corrected chi connectivity index (χ1v) is 9.31. The molecule has 0 amide bonds. The highest BCUT2D eigenvalue weighted by atomic mass is 32.2. The maximum atomic E-state index is 5.90. The molecule has 0 spiro atoms. The standard InChI is InChI=1S/C12H17NS4/c13-11-3-1-2-4-12(11)17-6-9(14)5-15-7-10-8-16-10/h1-4,9-10,14H,5-8,13H2. The minimum absolute atomic E-state index is 0.452. The summed E-state index contributed by atoms with van der Waals surface area (Å²) < 4.78 is 0. The molecule has 1 aliphatic heterocycles. The van der Waals surface area contributed by atoms with Crippen LogP contribution in [0.4, 0.5) is 5.69 Å². The van der Waals surface area contributed by atoms with Crippen molar-refractivity contribution in [3.8, 4) is 0 Å². The molecule has 1 aliphatic rings. The van der Waals surface area contributed by atoms with Gasteiger partial charge in [0.15, 0.2) is 0 Å². The van der Waals surface area contributed by atoms with Crippen LogP contribution in [0.5, 0.6) is 0 Å². The first kappa shape index (κ1) is 13.8. The minimum atomic E-state index is 0.452. The molecule has 1 saturated heterocycles. The van der Waals surface area contributed by atoms with Gasteiger partial charge in [0.05, 0.1) is 0 Å². The normalized spacial score (nSPS) is 20.2. The van der Waals surface area contributed by atoms with Crippen molar-refractivity contribution in [1.82, 2.24) is 0 Å². The van der Waals surface area contributed by atoms with E-state index in [4.69, 9.17) is 5.73 Å². The van der Waals surface area contributed by atoms with Gasteiger partial charge in [-0.3, -0.25) is 0 Å². The third-order valence-corrected chi connectivity index (χ3v) is 6.94. The highest BCUT2D eigenvalue weighted by Gasteiger charge is 2.22. The lowest BCUT2D eigenvalue weighted by molar-refractivity contribution is 1.15. The highest BCUT2D eigenvalue weighted by Crippen LogP contribution is 2.33. The fourth-order valence-electron chi connectivity index (χ4n) is 1.35. The molecule has 0 aromatic heterocycles. The van der Waals surface area contributed by atoms with Gasteiger partial charge in [-0.05, 0) is 12.1 Å². The molecule has 2 rings (SSSR count). The van der Waals surface area contributed by atoms with Gasteiger partial charge in [0.1, 0.15) is 0 Å². The molecule has 0 saturated carbocycles. The number of anilines is 1. The first-order chi connectivity index (χ1) is 8.25. The molecule has 1 aromatic carbocycles. The van der Waals surface area contributed by atoms with E-state index in [1.807, 2.05) is 41.7 Å². The van der Waals surface area contributed by atoms with Crippen LogP contribution in [0, 0.1) is 0 Å². The third kappa shape index (κ3) is 5.28. The van der Waals surface area contributed by atoms with Crippen LogP contribution in [-0.4, -0.2) is 33.5 Å². The van der Waals surface area contributed by atoms with E-state index < -0.39 is 0 Å². The molecule has 0 radical (unpaired) electrons. The fraction of sp³-hybridized carbons (Fsp3) is 0.500. The number of benzene rings is 1. The number of nitrogens with two attached hydrogens (primary N) is 1. The second-order valence-electron chi connectivity index (χ2n) is 4.00. The second kappa shape index (κ2) is 7.12. The van der Waals surface area contributed by atoms with Crippen molar-refractivity contribution in [1.29, 1.82) is 0 Å². The average molecular weight is 304 g/mol. The summed E-state index contributed by atoms with van der Waals surface area (Å²) in [5, 5.41) is 1.38. The van der Waals surface area contributed by atoms with Crippen LogP contribution in [-0.2, 0) is 0 Å². The van der Waals surface area contributed by atoms with Gasteiger partial charge in [0, 0.05) is 44.1 Å². The van der Waals surface area contributed by atoms with Crippen molar-refractivity contribution in [3.05, 3.63) is 24.3 Å². The Kier molecular flexibility index (Phi) is 5.80. The van der Waals surface area contributed by atoms with E-state index in [-0.39, 0.29) is 0 Å². The molecular formula is C12H17NS4. The predicted molar refractivity (Wildman–Crippen MR) is 87.9 cm³/mol. The Labute approximate surface area is 121 Å². The van der Waals surface area contributed by atoms with Crippen LogP contribution >= 0.6 is 47.9 Å². The summed E-state index contributed by atoms with van der Waals surface area (Å²) >= 11 is 10.5. The van der Waals surface area contributed by atoms with Gasteiger partial charge in [-0.15, -0.1) is 11.8 Å². The topological polar surface area (TPSA) is 26.0 Å². The minimum Gasteiger partial charge on any atom is -0.398 e. The average Bonchev–Trinajstić information content (AvgIpc) is 3.12. The van der Waals surface area contributed by atoms with E-state index in [0.29, 0.717) is 5.25 Å². The van der Waals surface area contributed by atoms with Crippen molar-refractivity contribution in [2.75, 3.05) is 28.7 Å². The lowest BCUT2D eigenvalue weighted by Gasteiger charge is -2.10. The van der Waals surface area contributed by atoms with Gasteiger partial charge in [-0.1, -0.05) is 12.1 Å². The number of hydrogen-bond acceptors (Lipinski definition) is 5. The lowest BCUT2D eigenvalue weighted by atomic mass is 10.3. The third-order valence-electron chi connectivity index (χ3n) is 2.37. The molecule has 1 fully saturated rings. The van der Waals surface area contributed by atoms with Crippen molar-refractivity contribution >= 4 is 53.6 Å². The number of para-hydroxylation sites is 1. The van der Waals surface area contributed by atoms with Crippen LogP contribution in [0.2, 0.25) is 0 Å². The van der Waals surface area contributed by atoms with Crippen LogP contribution in [0.15, 0.2) is 29.2 Å². The monoisotopic (exact) mass is 303 g/mol. The van der Waals surface area contributed by atoms with E-state index >= 15 is 0 Å². The summed E-state index contributed by atoms with van der Waals surface area (Å²) in [4.78, 5) is 1.18. The summed E-state index contributed by atoms with van der Waals surface area (Å²) in [5.74, 6) is 4.82. The Hall–Kier alpha value is 0.420. The molecule has 1 heterocycles. The molecule has 5 heteroatoms. The zero-order valence-corrected chi connectivity index (χ0v) is 12.9. The zero-order chi connectivity index (χ0) is 12.1. The van der Waals surface area contributed by atoms with Crippen molar-refractivity contribution < 1.29 is 0 Å². The largest absolute Gasteiger partial charge is 0.398 e. The number of thioether (sulfide) groups is 3. The molecule has 17 heavy (non-hydrogen) atoms. The first-order valence-electron chi connectivity index (χ1n) is 5.60. The predicted octanol–water partition coefficient (Wildman–Crippen LogP) is 3.51. The van der Waals surface area contributed by atoms with E-state index in [0.717, 1.165) is 22.4 Å².